The van der Waals surface area contributed by atoms with Gasteiger partial charge in [-0.2, -0.15) is 0 Å². The van der Waals surface area contributed by atoms with Gasteiger partial charge in [-0.05, 0) is 50.6 Å². The Morgan fingerprint density at radius 3 is 2.40 bits per heavy atom. The average Bonchev–Trinajstić information content (AvgIpc) is 3.48. The maximum absolute atomic E-state index is 12.8. The molecule has 3 aromatic rings. The lowest BCUT2D eigenvalue weighted by atomic mass is 10.0. The number of aliphatic carboxylic acids is 1. The number of hydrogen-bond acceptors (Lipinski definition) is 9. The van der Waals surface area contributed by atoms with Crippen LogP contribution in [0.2, 0.25) is 25.7 Å². The lowest BCUT2D eigenvalue weighted by Crippen LogP contribution is -2.37. The first kappa shape index (κ1) is 41.1. The van der Waals surface area contributed by atoms with Crippen LogP contribution in [0.25, 0.3) is 11.3 Å². The van der Waals surface area contributed by atoms with Crippen LogP contribution in [0.3, 0.4) is 0 Å². The Hall–Kier alpha value is -5.33. The standard InChI is InChI=1S/C37H49N5O9Si/c1-37(2,3)51-35(46)40-30(22-32(43)44)33-39-31(23-42(33)25-49-19-20-52(6,7)8)29-17-16-28(38-34(45)48-5)21-27(29)15-12-18-41(4)36(47)50-24-26-13-10-9-11-14-26/h9-11,13-14,16-17,21,23,30H,18-20,22,24-25H2,1-8H3,(H,38,45)(H,40,46)(H,43,44)/t30-/m0/s1. The molecule has 0 spiro atoms. The molecular weight excluding hydrogens is 687 g/mol. The molecule has 0 radical (unpaired) electrons. The number of hydrogen-bond donors (Lipinski definition) is 3. The Labute approximate surface area is 305 Å². The number of carbonyl (C=O) groups is 4. The van der Waals surface area contributed by atoms with E-state index in [0.29, 0.717) is 29.1 Å². The van der Waals surface area contributed by atoms with E-state index in [2.05, 4.69) is 42.1 Å². The van der Waals surface area contributed by atoms with Crippen LogP contribution in [0.4, 0.5) is 20.1 Å². The van der Waals surface area contributed by atoms with Crippen LogP contribution in [0.5, 0.6) is 0 Å². The zero-order valence-corrected chi connectivity index (χ0v) is 32.1. The number of carboxylic acids is 1. The molecule has 0 saturated heterocycles. The molecule has 0 aliphatic rings. The molecule has 0 unspecified atom stereocenters. The van der Waals surface area contributed by atoms with Crippen molar-refractivity contribution in [3.05, 3.63) is 71.7 Å². The molecule has 1 aromatic heterocycles. The summed E-state index contributed by atoms with van der Waals surface area (Å²) in [6.45, 7) is 12.5. The molecule has 3 rings (SSSR count). The molecule has 2 aromatic carbocycles. The highest BCUT2D eigenvalue weighted by molar-refractivity contribution is 6.76. The Morgan fingerprint density at radius 1 is 1.06 bits per heavy atom. The monoisotopic (exact) mass is 735 g/mol. The molecule has 52 heavy (non-hydrogen) atoms. The van der Waals surface area contributed by atoms with E-state index in [0.717, 1.165) is 11.6 Å². The number of alkyl carbamates (subject to hydrolysis) is 1. The number of ether oxygens (including phenoxy) is 4. The first-order chi connectivity index (χ1) is 24.4. The van der Waals surface area contributed by atoms with Gasteiger partial charge in [-0.3, -0.25) is 10.1 Å². The summed E-state index contributed by atoms with van der Waals surface area (Å²) in [4.78, 5) is 55.6. The molecule has 0 aliphatic heterocycles. The topological polar surface area (TPSA) is 171 Å². The smallest absolute Gasteiger partial charge is 0.411 e. The minimum Gasteiger partial charge on any atom is -0.481 e. The minimum absolute atomic E-state index is 0.0207. The van der Waals surface area contributed by atoms with Crippen molar-refractivity contribution in [1.82, 2.24) is 19.8 Å². The zero-order valence-electron chi connectivity index (χ0n) is 31.1. The number of methoxy groups -OCH3 is 1. The summed E-state index contributed by atoms with van der Waals surface area (Å²) in [5.41, 5.74) is 1.78. The summed E-state index contributed by atoms with van der Waals surface area (Å²) < 4.78 is 23.2. The fourth-order valence-corrected chi connectivity index (χ4v) is 5.34. The van der Waals surface area contributed by atoms with Gasteiger partial charge in [0.15, 0.2) is 0 Å². The van der Waals surface area contributed by atoms with Crippen LogP contribution in [-0.4, -0.2) is 84.8 Å². The second-order valence-corrected chi connectivity index (χ2v) is 19.8. The Balaban J connectivity index is 2.01. The Morgan fingerprint density at radius 2 is 1.77 bits per heavy atom. The number of rotatable bonds is 14. The predicted octanol–water partition coefficient (Wildman–Crippen LogP) is 6.70. The number of aromatic nitrogens is 2. The van der Waals surface area contributed by atoms with Crippen molar-refractivity contribution in [3.63, 3.8) is 0 Å². The number of nitrogens with zero attached hydrogens (tertiary/aromatic N) is 3. The summed E-state index contributed by atoms with van der Waals surface area (Å²) in [5.74, 6) is 5.12. The summed E-state index contributed by atoms with van der Waals surface area (Å²) in [6.07, 6.45) is -0.827. The van der Waals surface area contributed by atoms with E-state index in [9.17, 15) is 24.3 Å². The number of imidazole rings is 1. The van der Waals surface area contributed by atoms with Gasteiger partial charge in [0, 0.05) is 44.7 Å². The van der Waals surface area contributed by atoms with E-state index < -0.39 is 50.4 Å². The molecule has 14 nitrogen and oxygen atoms in total. The number of benzene rings is 2. The Bertz CT molecular complexity index is 1750. The summed E-state index contributed by atoms with van der Waals surface area (Å²) in [7, 11) is 1.40. The number of amides is 3. The first-order valence-electron chi connectivity index (χ1n) is 16.7. The van der Waals surface area contributed by atoms with Crippen LogP contribution < -0.4 is 10.6 Å². The second kappa shape index (κ2) is 18.8. The molecule has 0 fully saturated rings. The van der Waals surface area contributed by atoms with Gasteiger partial charge in [-0.25, -0.2) is 19.4 Å². The molecule has 0 saturated carbocycles. The highest BCUT2D eigenvalue weighted by Gasteiger charge is 2.27. The van der Waals surface area contributed by atoms with Gasteiger partial charge < -0.3 is 38.8 Å². The normalized spacial score (nSPS) is 11.8. The number of anilines is 1. The zero-order chi connectivity index (χ0) is 38.5. The van der Waals surface area contributed by atoms with Crippen molar-refractivity contribution in [1.29, 1.82) is 0 Å². The third-order valence-electron chi connectivity index (χ3n) is 7.20. The molecule has 0 bridgehead atoms. The van der Waals surface area contributed by atoms with Crippen LogP contribution in [0, 0.1) is 11.8 Å². The highest BCUT2D eigenvalue weighted by atomic mass is 28.3. The molecule has 0 aliphatic carbocycles. The van der Waals surface area contributed by atoms with Crippen LogP contribution in [-0.2, 0) is 37.1 Å². The maximum atomic E-state index is 12.8. The molecule has 1 heterocycles. The molecule has 3 amide bonds. The average molecular weight is 736 g/mol. The van der Waals surface area contributed by atoms with Crippen molar-refractivity contribution < 1.29 is 43.2 Å². The van der Waals surface area contributed by atoms with E-state index >= 15 is 0 Å². The molecular formula is C37H49N5O9Si. The molecule has 15 heteroatoms. The number of carbonyl (C=O) groups excluding carboxylic acids is 3. The highest BCUT2D eigenvalue weighted by Crippen LogP contribution is 2.29. The fourth-order valence-electron chi connectivity index (χ4n) is 4.58. The largest absolute Gasteiger partial charge is 0.481 e. The fraction of sp³-hybridized carbons (Fsp3) is 0.432. The van der Waals surface area contributed by atoms with Gasteiger partial charge in [0.1, 0.15) is 30.8 Å². The van der Waals surface area contributed by atoms with Crippen LogP contribution >= 0.6 is 0 Å². The van der Waals surface area contributed by atoms with Gasteiger partial charge in [-0.15, -0.1) is 0 Å². The van der Waals surface area contributed by atoms with E-state index in [-0.39, 0.29) is 25.7 Å². The van der Waals surface area contributed by atoms with Gasteiger partial charge in [0.05, 0.1) is 25.8 Å². The summed E-state index contributed by atoms with van der Waals surface area (Å²) in [5, 5.41) is 15.1. The van der Waals surface area contributed by atoms with Crippen molar-refractivity contribution in [3.8, 4) is 23.1 Å². The maximum Gasteiger partial charge on any atom is 0.411 e. The molecule has 3 N–H and O–H groups in total. The minimum atomic E-state index is -1.41. The van der Waals surface area contributed by atoms with Gasteiger partial charge in [0.2, 0.25) is 0 Å². The van der Waals surface area contributed by atoms with E-state index in [1.165, 1.54) is 12.0 Å². The lowest BCUT2D eigenvalue weighted by molar-refractivity contribution is -0.137. The van der Waals surface area contributed by atoms with Crippen molar-refractivity contribution >= 4 is 38.0 Å². The third kappa shape index (κ3) is 14.1. The van der Waals surface area contributed by atoms with Crippen molar-refractivity contribution in [2.45, 2.75) is 77.9 Å². The van der Waals surface area contributed by atoms with Gasteiger partial charge >= 0.3 is 24.2 Å². The SMILES string of the molecule is COC(=O)Nc1ccc(-c2cn(COCC[Si](C)(C)C)c([C@H](CC(=O)O)NC(=O)OC(C)(C)C)n2)c(C#CCN(C)C(=O)OCc2ccccc2)c1. The number of nitrogens with one attached hydrogen (secondary N) is 2. The van der Waals surface area contributed by atoms with E-state index in [1.54, 1.807) is 56.8 Å². The molecule has 1 atom stereocenters. The third-order valence-corrected chi connectivity index (χ3v) is 8.90. The molecule has 280 valence electrons. The van der Waals surface area contributed by atoms with Crippen LogP contribution in [0.15, 0.2) is 54.7 Å². The van der Waals surface area contributed by atoms with Crippen molar-refractivity contribution in [2.75, 3.05) is 32.6 Å². The lowest BCUT2D eigenvalue weighted by Gasteiger charge is -2.23. The number of carboxylic acid groups (broad SMARTS) is 1. The van der Waals surface area contributed by atoms with Crippen LogP contribution in [0.1, 0.15) is 50.2 Å². The van der Waals surface area contributed by atoms with Crippen molar-refractivity contribution in [2.24, 2.45) is 0 Å². The van der Waals surface area contributed by atoms with Gasteiger partial charge in [0.25, 0.3) is 0 Å². The summed E-state index contributed by atoms with van der Waals surface area (Å²) in [6, 6.07) is 14.1. The van der Waals surface area contributed by atoms with Gasteiger partial charge in [-0.1, -0.05) is 61.8 Å². The Kier molecular flexibility index (Phi) is 14.8. The predicted molar refractivity (Wildman–Crippen MR) is 198 cm³/mol. The van der Waals surface area contributed by atoms with E-state index in [1.807, 2.05) is 30.3 Å². The first-order valence-corrected chi connectivity index (χ1v) is 20.4. The summed E-state index contributed by atoms with van der Waals surface area (Å²) >= 11 is 0. The second-order valence-electron chi connectivity index (χ2n) is 14.2. The quantitative estimate of drug-likeness (QED) is 0.0701. The van der Waals surface area contributed by atoms with E-state index in [4.69, 9.17) is 23.9 Å².